The molecule has 1 N–H and O–H groups in total. The van der Waals surface area contributed by atoms with Gasteiger partial charge in [-0.15, -0.1) is 0 Å². The number of ether oxygens (including phenoxy) is 2. The van der Waals surface area contributed by atoms with Crippen LogP contribution in [0.1, 0.15) is 24.1 Å². The number of nitro groups is 1. The topological polar surface area (TPSA) is 97.2 Å². The van der Waals surface area contributed by atoms with Crippen LogP contribution < -0.4 is 19.7 Å². The van der Waals surface area contributed by atoms with Gasteiger partial charge in [0.15, 0.2) is 0 Å². The Morgan fingerprint density at radius 2 is 1.80 bits per heavy atom. The van der Waals surface area contributed by atoms with Crippen LogP contribution in [0, 0.1) is 10.1 Å². The normalized spacial score (nSPS) is 15.4. The molecule has 1 saturated heterocycles. The highest BCUT2D eigenvalue weighted by atomic mass is 19.4. The van der Waals surface area contributed by atoms with Gasteiger partial charge >= 0.3 is 6.18 Å². The summed E-state index contributed by atoms with van der Waals surface area (Å²) in [6.07, 6.45) is -4.67. The van der Waals surface area contributed by atoms with Crippen molar-refractivity contribution in [2.24, 2.45) is 0 Å². The Morgan fingerprint density at radius 1 is 1.11 bits per heavy atom. The average Bonchev–Trinajstić information content (AvgIpc) is 2.83. The number of nitrogens with zero attached hydrogens (tertiary/aromatic N) is 3. The molecule has 0 aromatic heterocycles. The van der Waals surface area contributed by atoms with Gasteiger partial charge in [0.05, 0.1) is 37.3 Å². The molecule has 2 aromatic carbocycles. The summed E-state index contributed by atoms with van der Waals surface area (Å²) in [7, 11) is 3.09. The fraction of sp³-hybridized carbons (Fsp3) is 0.435. The number of halogens is 3. The molecule has 9 nitrogen and oxygen atoms in total. The second kappa shape index (κ2) is 10.8. The number of benzene rings is 2. The first kappa shape index (κ1) is 26.1. The van der Waals surface area contributed by atoms with E-state index < -0.39 is 22.4 Å². The minimum atomic E-state index is -4.67. The Morgan fingerprint density at radius 3 is 2.37 bits per heavy atom. The number of carbonyl (C=O) groups is 1. The van der Waals surface area contributed by atoms with Crippen LogP contribution in [0.2, 0.25) is 0 Å². The van der Waals surface area contributed by atoms with Crippen LogP contribution >= 0.6 is 0 Å². The van der Waals surface area contributed by atoms with Gasteiger partial charge in [-0.3, -0.25) is 19.8 Å². The number of nitrogens with one attached hydrogen (secondary N) is 1. The molecule has 0 bridgehead atoms. The average molecular weight is 496 g/mol. The number of hydrogen-bond donors (Lipinski definition) is 1. The number of hydrogen-bond acceptors (Lipinski definition) is 7. The standard InChI is InChI=1S/C23H27F3N4O5/c1-15(18-13-17(34-2)5-7-21(18)35-3)27-22(31)14-28-8-10-29(11-9-28)19-6-4-16(23(24,25)26)12-20(19)30(32)33/h4-7,12-13,15H,8-11,14H2,1-3H3,(H,27,31)/t15-/m1/s1. The molecule has 1 atom stereocenters. The van der Waals surface area contributed by atoms with Crippen LogP contribution in [-0.2, 0) is 11.0 Å². The molecule has 0 radical (unpaired) electrons. The number of methoxy groups -OCH3 is 2. The number of piperazine rings is 1. The number of alkyl halides is 3. The Labute approximate surface area is 200 Å². The molecule has 12 heteroatoms. The van der Waals surface area contributed by atoms with Gasteiger partial charge in [-0.25, -0.2) is 0 Å². The van der Waals surface area contributed by atoms with E-state index >= 15 is 0 Å². The molecule has 1 amide bonds. The molecule has 2 aromatic rings. The lowest BCUT2D eigenvalue weighted by Gasteiger charge is -2.35. The first-order valence-corrected chi connectivity index (χ1v) is 10.9. The van der Waals surface area contributed by atoms with Gasteiger partial charge in [-0.1, -0.05) is 0 Å². The number of amides is 1. The lowest BCUT2D eigenvalue weighted by atomic mass is 10.1. The van der Waals surface area contributed by atoms with Gasteiger partial charge < -0.3 is 19.7 Å². The third-order valence-corrected chi connectivity index (χ3v) is 5.86. The SMILES string of the molecule is COc1ccc(OC)c([C@@H](C)NC(=O)CN2CCN(c3ccc(C(F)(F)F)cc3[N+](=O)[O-])CC2)c1. The van der Waals surface area contributed by atoms with Crippen LogP contribution in [0.5, 0.6) is 11.5 Å². The van der Waals surface area contributed by atoms with Gasteiger partial charge in [-0.2, -0.15) is 13.2 Å². The molecule has 0 aliphatic carbocycles. The molecule has 1 fully saturated rings. The van der Waals surface area contributed by atoms with Gasteiger partial charge in [-0.05, 0) is 37.3 Å². The van der Waals surface area contributed by atoms with Crippen LogP contribution in [0.3, 0.4) is 0 Å². The summed E-state index contributed by atoms with van der Waals surface area (Å²) in [5.74, 6) is 1.04. The van der Waals surface area contributed by atoms with E-state index in [0.29, 0.717) is 43.7 Å². The number of nitro benzene ring substituents is 1. The maximum absolute atomic E-state index is 13.0. The zero-order valence-corrected chi connectivity index (χ0v) is 19.6. The van der Waals surface area contributed by atoms with Gasteiger partial charge in [0.25, 0.3) is 5.69 Å². The zero-order chi connectivity index (χ0) is 25.8. The summed E-state index contributed by atoms with van der Waals surface area (Å²) in [6.45, 7) is 3.44. The van der Waals surface area contributed by atoms with E-state index in [-0.39, 0.29) is 24.2 Å². The monoisotopic (exact) mass is 496 g/mol. The molecule has 3 rings (SSSR count). The molecule has 35 heavy (non-hydrogen) atoms. The number of rotatable bonds is 8. The number of carbonyl (C=O) groups excluding carboxylic acids is 1. The van der Waals surface area contributed by atoms with Crippen molar-refractivity contribution >= 4 is 17.3 Å². The molecular weight excluding hydrogens is 469 g/mol. The Hall–Kier alpha value is -3.54. The summed E-state index contributed by atoms with van der Waals surface area (Å²) < 4.78 is 49.5. The van der Waals surface area contributed by atoms with Gasteiger partial charge in [0.1, 0.15) is 17.2 Å². The molecule has 0 unspecified atom stereocenters. The Kier molecular flexibility index (Phi) is 8.05. The molecular formula is C23H27F3N4O5. The predicted molar refractivity (Wildman–Crippen MR) is 123 cm³/mol. The van der Waals surface area contributed by atoms with Crippen molar-refractivity contribution < 1.29 is 32.4 Å². The number of anilines is 1. The largest absolute Gasteiger partial charge is 0.497 e. The first-order chi connectivity index (χ1) is 16.5. The van der Waals surface area contributed by atoms with Crippen LogP contribution in [-0.4, -0.2) is 62.7 Å². The minimum Gasteiger partial charge on any atom is -0.497 e. The highest BCUT2D eigenvalue weighted by molar-refractivity contribution is 5.78. The van der Waals surface area contributed by atoms with Crippen molar-refractivity contribution in [3.63, 3.8) is 0 Å². The maximum Gasteiger partial charge on any atom is 0.416 e. The van der Waals surface area contributed by atoms with Crippen molar-refractivity contribution in [3.8, 4) is 11.5 Å². The maximum atomic E-state index is 13.0. The molecule has 1 aliphatic heterocycles. The zero-order valence-electron chi connectivity index (χ0n) is 19.6. The van der Waals surface area contributed by atoms with Crippen LogP contribution in [0.15, 0.2) is 36.4 Å². The van der Waals surface area contributed by atoms with Crippen molar-refractivity contribution in [1.29, 1.82) is 0 Å². The van der Waals surface area contributed by atoms with E-state index in [2.05, 4.69) is 5.32 Å². The van der Waals surface area contributed by atoms with E-state index in [9.17, 15) is 28.1 Å². The highest BCUT2D eigenvalue weighted by Gasteiger charge is 2.34. The Balaban J connectivity index is 1.60. The molecule has 1 heterocycles. The third-order valence-electron chi connectivity index (χ3n) is 5.86. The van der Waals surface area contributed by atoms with E-state index in [4.69, 9.17) is 9.47 Å². The second-order valence-corrected chi connectivity index (χ2v) is 8.12. The third kappa shape index (κ3) is 6.32. The Bertz CT molecular complexity index is 1070. The lowest BCUT2D eigenvalue weighted by molar-refractivity contribution is -0.384. The van der Waals surface area contributed by atoms with E-state index in [1.165, 1.54) is 0 Å². The smallest absolute Gasteiger partial charge is 0.416 e. The summed E-state index contributed by atoms with van der Waals surface area (Å²) >= 11 is 0. The fourth-order valence-electron chi connectivity index (χ4n) is 4.01. The fourth-order valence-corrected chi connectivity index (χ4v) is 4.01. The molecule has 0 saturated carbocycles. The molecule has 1 aliphatic rings. The summed E-state index contributed by atoms with van der Waals surface area (Å²) in [6, 6.07) is 7.50. The van der Waals surface area contributed by atoms with E-state index in [0.717, 1.165) is 17.7 Å². The highest BCUT2D eigenvalue weighted by Crippen LogP contribution is 2.37. The molecule has 0 spiro atoms. The van der Waals surface area contributed by atoms with E-state index in [1.54, 1.807) is 37.3 Å². The van der Waals surface area contributed by atoms with Crippen molar-refractivity contribution in [2.75, 3.05) is 51.8 Å². The van der Waals surface area contributed by atoms with Crippen LogP contribution in [0.4, 0.5) is 24.5 Å². The predicted octanol–water partition coefficient (Wildman–Crippen LogP) is 3.63. The second-order valence-electron chi connectivity index (χ2n) is 8.12. The van der Waals surface area contributed by atoms with Crippen molar-refractivity contribution in [2.45, 2.75) is 19.1 Å². The minimum absolute atomic E-state index is 0.111. The summed E-state index contributed by atoms with van der Waals surface area (Å²) in [5.41, 5.74) is -0.761. The van der Waals surface area contributed by atoms with Crippen molar-refractivity contribution in [3.05, 3.63) is 57.6 Å². The molecule has 190 valence electrons. The quantitative estimate of drug-likeness (QED) is 0.440. The summed E-state index contributed by atoms with van der Waals surface area (Å²) in [4.78, 5) is 26.8. The lowest BCUT2D eigenvalue weighted by Crippen LogP contribution is -2.49. The van der Waals surface area contributed by atoms with Crippen LogP contribution in [0.25, 0.3) is 0 Å². The first-order valence-electron chi connectivity index (χ1n) is 10.9. The van der Waals surface area contributed by atoms with Gasteiger partial charge in [0.2, 0.25) is 5.91 Å². The van der Waals surface area contributed by atoms with Crippen molar-refractivity contribution in [1.82, 2.24) is 10.2 Å². The summed E-state index contributed by atoms with van der Waals surface area (Å²) in [5, 5.41) is 14.3. The van der Waals surface area contributed by atoms with Gasteiger partial charge in [0, 0.05) is 37.8 Å². The van der Waals surface area contributed by atoms with E-state index in [1.807, 2.05) is 11.8 Å².